The predicted octanol–water partition coefficient (Wildman–Crippen LogP) is 3.63. The maximum atomic E-state index is 12.7. The summed E-state index contributed by atoms with van der Waals surface area (Å²) in [5.74, 6) is -1.10. The molecule has 1 saturated heterocycles. The SMILES string of the molecule is CC(C)(C)OC(=O)N1CCC2(CC1)CC2[B-](F)(F)F. The zero-order valence-corrected chi connectivity index (χ0v) is 11.6. The van der Waals surface area contributed by atoms with Crippen LogP contribution in [0, 0.1) is 5.41 Å². The average molecular weight is 278 g/mol. The molecule has 1 aliphatic heterocycles. The first-order valence-corrected chi connectivity index (χ1v) is 6.71. The molecular weight excluding hydrogens is 258 g/mol. The monoisotopic (exact) mass is 278 g/mol. The molecule has 2 fully saturated rings. The Morgan fingerprint density at radius 1 is 1.26 bits per heavy atom. The lowest BCUT2D eigenvalue weighted by atomic mass is 9.74. The number of piperidine rings is 1. The van der Waals surface area contributed by atoms with E-state index in [0.29, 0.717) is 25.9 Å². The molecule has 0 bridgehead atoms. The Labute approximate surface area is 111 Å². The first-order valence-electron chi connectivity index (χ1n) is 6.71. The summed E-state index contributed by atoms with van der Waals surface area (Å²) in [6.45, 7) is 1.35. The zero-order valence-electron chi connectivity index (χ0n) is 11.6. The van der Waals surface area contributed by atoms with Crippen LogP contribution in [0.1, 0.15) is 40.0 Å². The van der Waals surface area contributed by atoms with Crippen LogP contribution < -0.4 is 0 Å². The second-order valence-electron chi connectivity index (χ2n) is 6.77. The van der Waals surface area contributed by atoms with Gasteiger partial charge in [-0.25, -0.2) is 4.79 Å². The quantitative estimate of drug-likeness (QED) is 0.685. The van der Waals surface area contributed by atoms with E-state index in [4.69, 9.17) is 4.74 Å². The highest BCUT2D eigenvalue weighted by Gasteiger charge is 2.62. The largest absolute Gasteiger partial charge is 0.481 e. The number of hydrogen-bond donors (Lipinski definition) is 0. The summed E-state index contributed by atoms with van der Waals surface area (Å²) in [6, 6.07) is 0. The molecule has 2 rings (SSSR count). The number of rotatable bonds is 1. The van der Waals surface area contributed by atoms with E-state index < -0.39 is 29.9 Å². The third-order valence-electron chi connectivity index (χ3n) is 4.12. The fraction of sp³-hybridized carbons (Fsp3) is 0.917. The van der Waals surface area contributed by atoms with Crippen molar-refractivity contribution >= 4 is 13.1 Å². The number of amides is 1. The predicted molar refractivity (Wildman–Crippen MR) is 66.9 cm³/mol. The summed E-state index contributed by atoms with van der Waals surface area (Å²) in [5.41, 5.74) is -1.14. The molecule has 1 atom stereocenters. The van der Waals surface area contributed by atoms with Crippen LogP contribution in [-0.2, 0) is 4.74 Å². The van der Waals surface area contributed by atoms with E-state index in [2.05, 4.69) is 0 Å². The molecule has 3 nitrogen and oxygen atoms in total. The molecule has 1 amide bonds. The molecule has 7 heteroatoms. The molecule has 0 aromatic rings. The van der Waals surface area contributed by atoms with E-state index in [1.54, 1.807) is 20.8 Å². The summed E-state index contributed by atoms with van der Waals surface area (Å²) in [7, 11) is 0. The highest BCUT2D eigenvalue weighted by Crippen LogP contribution is 2.68. The molecule has 1 heterocycles. The van der Waals surface area contributed by atoms with Crippen LogP contribution in [0.4, 0.5) is 17.7 Å². The van der Waals surface area contributed by atoms with E-state index in [9.17, 15) is 17.7 Å². The van der Waals surface area contributed by atoms with E-state index in [-0.39, 0.29) is 6.42 Å². The van der Waals surface area contributed by atoms with Crippen LogP contribution in [0.2, 0.25) is 5.82 Å². The Morgan fingerprint density at radius 3 is 2.16 bits per heavy atom. The van der Waals surface area contributed by atoms with Crippen LogP contribution in [0.15, 0.2) is 0 Å². The smallest absolute Gasteiger partial charge is 0.449 e. The molecule has 19 heavy (non-hydrogen) atoms. The lowest BCUT2D eigenvalue weighted by Crippen LogP contribution is -2.42. The first kappa shape index (κ1) is 14.5. The Hall–Kier alpha value is -0.875. The normalized spacial score (nSPS) is 26.4. The molecule has 110 valence electrons. The lowest BCUT2D eigenvalue weighted by Gasteiger charge is -2.35. The molecule has 1 unspecified atom stereocenters. The van der Waals surface area contributed by atoms with Crippen molar-refractivity contribution in [3.05, 3.63) is 0 Å². The minimum absolute atomic E-state index is 0.249. The Balaban J connectivity index is 1.86. The van der Waals surface area contributed by atoms with Crippen molar-refractivity contribution in [2.45, 2.75) is 51.5 Å². The van der Waals surface area contributed by atoms with E-state index in [1.165, 1.54) is 4.90 Å². The van der Waals surface area contributed by atoms with Crippen molar-refractivity contribution in [3.8, 4) is 0 Å². The van der Waals surface area contributed by atoms with Gasteiger partial charge in [0.2, 0.25) is 0 Å². The highest BCUT2D eigenvalue weighted by molar-refractivity contribution is 6.61. The Morgan fingerprint density at radius 2 is 1.79 bits per heavy atom. The van der Waals surface area contributed by atoms with Gasteiger partial charge in [-0.3, -0.25) is 0 Å². The second kappa shape index (κ2) is 4.31. The third-order valence-corrected chi connectivity index (χ3v) is 4.12. The number of ether oxygens (including phenoxy) is 1. The third kappa shape index (κ3) is 3.18. The second-order valence-corrected chi connectivity index (χ2v) is 6.77. The first-order chi connectivity index (χ1) is 8.54. The Kier molecular flexibility index (Phi) is 3.30. The van der Waals surface area contributed by atoms with Gasteiger partial charge in [0.25, 0.3) is 0 Å². The standard InChI is InChI=1S/C12H20BF3NO2/c1-11(2,3)19-10(18)17-6-4-12(5-7-17)8-9(12)13(14,15)16/h9H,4-8H2,1-3H3/q-1. The molecule has 1 spiro atoms. The van der Waals surface area contributed by atoms with Gasteiger partial charge >= 0.3 is 13.1 Å². The molecular formula is C12H20BF3NO2-. The maximum Gasteiger partial charge on any atom is 0.481 e. The van der Waals surface area contributed by atoms with Gasteiger partial charge in [-0.05, 0) is 39.0 Å². The fourth-order valence-corrected chi connectivity index (χ4v) is 2.95. The summed E-state index contributed by atoms with van der Waals surface area (Å²) in [4.78, 5) is 13.3. The van der Waals surface area contributed by atoms with Gasteiger partial charge in [-0.15, -0.1) is 0 Å². The summed E-state index contributed by atoms with van der Waals surface area (Å²) >= 11 is 0. The molecule has 0 aromatic heterocycles. The Bertz CT molecular complexity index is 370. The molecule has 1 aliphatic carbocycles. The van der Waals surface area contributed by atoms with Crippen LogP contribution in [0.25, 0.3) is 0 Å². The van der Waals surface area contributed by atoms with E-state index >= 15 is 0 Å². The number of carbonyl (C=O) groups excluding carboxylic acids is 1. The molecule has 0 aromatic carbocycles. The van der Waals surface area contributed by atoms with Crippen molar-refractivity contribution in [1.29, 1.82) is 0 Å². The average Bonchev–Trinajstić information content (AvgIpc) is 2.90. The lowest BCUT2D eigenvalue weighted by molar-refractivity contribution is 0.0172. The van der Waals surface area contributed by atoms with E-state index in [1.807, 2.05) is 0 Å². The molecule has 1 saturated carbocycles. The molecule has 0 N–H and O–H groups in total. The highest BCUT2D eigenvalue weighted by atomic mass is 19.4. The fourth-order valence-electron chi connectivity index (χ4n) is 2.95. The van der Waals surface area contributed by atoms with Crippen molar-refractivity contribution in [2.24, 2.45) is 5.41 Å². The number of hydrogen-bond acceptors (Lipinski definition) is 2. The topological polar surface area (TPSA) is 29.5 Å². The van der Waals surface area contributed by atoms with Crippen molar-refractivity contribution in [2.75, 3.05) is 13.1 Å². The summed E-state index contributed by atoms with van der Waals surface area (Å²) in [6.07, 6.45) is 0.715. The number of nitrogens with zero attached hydrogens (tertiary/aromatic N) is 1. The number of carbonyl (C=O) groups is 1. The number of halogens is 3. The number of likely N-dealkylation sites (tertiary alicyclic amines) is 1. The minimum Gasteiger partial charge on any atom is -0.449 e. The molecule has 2 aliphatic rings. The van der Waals surface area contributed by atoms with Gasteiger partial charge < -0.3 is 22.6 Å². The summed E-state index contributed by atoms with van der Waals surface area (Å²) < 4.78 is 43.3. The van der Waals surface area contributed by atoms with Crippen LogP contribution in [-0.4, -0.2) is 36.7 Å². The van der Waals surface area contributed by atoms with Gasteiger partial charge in [-0.2, -0.15) is 0 Å². The minimum atomic E-state index is -4.73. The van der Waals surface area contributed by atoms with Gasteiger partial charge in [0, 0.05) is 13.1 Å². The van der Waals surface area contributed by atoms with Gasteiger partial charge in [0.05, 0.1) is 0 Å². The van der Waals surface area contributed by atoms with Gasteiger partial charge in [0.1, 0.15) is 5.60 Å². The van der Waals surface area contributed by atoms with Crippen molar-refractivity contribution in [1.82, 2.24) is 4.90 Å². The van der Waals surface area contributed by atoms with Gasteiger partial charge in [0.15, 0.2) is 0 Å². The summed E-state index contributed by atoms with van der Waals surface area (Å²) in [5, 5.41) is 0. The van der Waals surface area contributed by atoms with Crippen molar-refractivity contribution < 1.29 is 22.5 Å². The van der Waals surface area contributed by atoms with Crippen LogP contribution in [0.5, 0.6) is 0 Å². The van der Waals surface area contributed by atoms with Crippen LogP contribution >= 0.6 is 0 Å². The van der Waals surface area contributed by atoms with Crippen molar-refractivity contribution in [3.63, 3.8) is 0 Å². The van der Waals surface area contributed by atoms with Gasteiger partial charge in [-0.1, -0.05) is 12.2 Å². The van der Waals surface area contributed by atoms with Crippen LogP contribution in [0.3, 0.4) is 0 Å². The van der Waals surface area contributed by atoms with E-state index in [0.717, 1.165) is 0 Å². The molecule has 0 radical (unpaired) electrons. The maximum absolute atomic E-state index is 12.7. The zero-order chi connectivity index (χ0) is 14.5.